The Kier molecular flexibility index (Phi) is 6.50. The van der Waals surface area contributed by atoms with Gasteiger partial charge in [0, 0.05) is 25.7 Å². The van der Waals surface area contributed by atoms with Crippen molar-refractivity contribution in [3.05, 3.63) is 29.3 Å². The fourth-order valence-electron chi connectivity index (χ4n) is 1.51. The molecule has 1 N–H and O–H groups in total. The van der Waals surface area contributed by atoms with Crippen molar-refractivity contribution in [3.63, 3.8) is 0 Å². The highest BCUT2D eigenvalue weighted by atomic mass is 35.5. The molecule has 106 valence electrons. The van der Waals surface area contributed by atoms with Crippen LogP contribution in [-0.2, 0) is 0 Å². The first-order valence-corrected chi connectivity index (χ1v) is 6.78. The molecule has 0 fully saturated rings. The maximum Gasteiger partial charge on any atom is 0.193 e. The molecule has 0 amide bonds. The van der Waals surface area contributed by atoms with Gasteiger partial charge >= 0.3 is 0 Å². The molecule has 0 saturated heterocycles. The molecule has 5 heteroatoms. The Morgan fingerprint density at radius 2 is 2.00 bits per heavy atom. The molecule has 0 bridgehead atoms. The predicted octanol–water partition coefficient (Wildman–Crippen LogP) is 2.63. The first-order chi connectivity index (χ1) is 9.02. The van der Waals surface area contributed by atoms with E-state index in [0.717, 1.165) is 18.3 Å². The molecule has 1 atom stereocenters. The minimum Gasteiger partial charge on any atom is -0.489 e. The number of nitrogens with one attached hydrogen (secondary N) is 1. The molecule has 19 heavy (non-hydrogen) atoms. The molecule has 4 nitrogen and oxygen atoms in total. The van der Waals surface area contributed by atoms with Crippen LogP contribution in [0.3, 0.4) is 0 Å². The molecule has 0 aliphatic carbocycles. The number of guanidine groups is 1. The molecule has 1 unspecified atom stereocenters. The zero-order valence-corrected chi connectivity index (χ0v) is 12.7. The van der Waals surface area contributed by atoms with E-state index in [4.69, 9.17) is 16.3 Å². The van der Waals surface area contributed by atoms with Crippen molar-refractivity contribution in [1.82, 2.24) is 10.2 Å². The molecule has 1 rings (SSSR count). The monoisotopic (exact) mass is 283 g/mol. The molecule has 0 aliphatic heterocycles. The Hall–Kier alpha value is -1.42. The van der Waals surface area contributed by atoms with Crippen LogP contribution >= 0.6 is 11.6 Å². The Labute approximate surface area is 120 Å². The summed E-state index contributed by atoms with van der Waals surface area (Å²) in [7, 11) is 3.93. The first kappa shape index (κ1) is 15.6. The van der Waals surface area contributed by atoms with Gasteiger partial charge in [-0.05, 0) is 38.1 Å². The molecule has 0 aromatic heterocycles. The van der Waals surface area contributed by atoms with Gasteiger partial charge in [-0.15, -0.1) is 0 Å². The van der Waals surface area contributed by atoms with Gasteiger partial charge in [0.2, 0.25) is 0 Å². The fourth-order valence-corrected chi connectivity index (χ4v) is 1.64. The second kappa shape index (κ2) is 7.89. The first-order valence-electron chi connectivity index (χ1n) is 6.40. The lowest BCUT2D eigenvalue weighted by atomic mass is 10.3. The number of ether oxygens (including phenoxy) is 1. The van der Waals surface area contributed by atoms with Crippen LogP contribution in [0.15, 0.2) is 29.3 Å². The summed E-state index contributed by atoms with van der Waals surface area (Å²) >= 11 is 5.83. The summed E-state index contributed by atoms with van der Waals surface area (Å²) in [4.78, 5) is 6.46. The van der Waals surface area contributed by atoms with E-state index in [0.29, 0.717) is 11.6 Å². The normalized spacial score (nSPS) is 13.0. The van der Waals surface area contributed by atoms with Gasteiger partial charge in [0.1, 0.15) is 11.9 Å². The largest absolute Gasteiger partial charge is 0.489 e. The van der Waals surface area contributed by atoms with Crippen molar-refractivity contribution in [1.29, 1.82) is 0 Å². The van der Waals surface area contributed by atoms with Crippen molar-refractivity contribution in [2.45, 2.75) is 20.0 Å². The van der Waals surface area contributed by atoms with Gasteiger partial charge in [-0.3, -0.25) is 0 Å². The molecule has 0 heterocycles. The topological polar surface area (TPSA) is 36.9 Å². The number of halogens is 1. The van der Waals surface area contributed by atoms with Crippen molar-refractivity contribution in [2.75, 3.05) is 27.2 Å². The lowest BCUT2D eigenvalue weighted by Gasteiger charge is -2.18. The quantitative estimate of drug-likeness (QED) is 0.667. The second-order valence-corrected chi connectivity index (χ2v) is 4.91. The van der Waals surface area contributed by atoms with E-state index in [1.165, 1.54) is 0 Å². The second-order valence-electron chi connectivity index (χ2n) is 4.47. The zero-order chi connectivity index (χ0) is 14.3. The number of hydrogen-bond donors (Lipinski definition) is 1. The highest BCUT2D eigenvalue weighted by Crippen LogP contribution is 2.16. The highest BCUT2D eigenvalue weighted by molar-refractivity contribution is 6.30. The third kappa shape index (κ3) is 5.83. The van der Waals surface area contributed by atoms with E-state index in [1.807, 2.05) is 57.1 Å². The lowest BCUT2D eigenvalue weighted by molar-refractivity contribution is 0.230. The Morgan fingerprint density at radius 3 is 2.53 bits per heavy atom. The van der Waals surface area contributed by atoms with Crippen molar-refractivity contribution >= 4 is 17.6 Å². The number of rotatable bonds is 5. The van der Waals surface area contributed by atoms with E-state index in [9.17, 15) is 0 Å². The molecular weight excluding hydrogens is 262 g/mol. The van der Waals surface area contributed by atoms with E-state index < -0.39 is 0 Å². The summed E-state index contributed by atoms with van der Waals surface area (Å²) in [6, 6.07) is 7.35. The Bertz CT molecular complexity index is 404. The summed E-state index contributed by atoms with van der Waals surface area (Å²) in [5.41, 5.74) is 0. The summed E-state index contributed by atoms with van der Waals surface area (Å²) in [5.74, 6) is 1.68. The number of hydrogen-bond acceptors (Lipinski definition) is 2. The summed E-state index contributed by atoms with van der Waals surface area (Å²) < 4.78 is 5.77. The maximum atomic E-state index is 5.83. The van der Waals surface area contributed by atoms with Crippen LogP contribution in [0.25, 0.3) is 0 Å². The van der Waals surface area contributed by atoms with Crippen LogP contribution in [0.2, 0.25) is 5.02 Å². The smallest absolute Gasteiger partial charge is 0.193 e. The fraction of sp³-hybridized carbons (Fsp3) is 0.500. The zero-order valence-electron chi connectivity index (χ0n) is 12.0. The van der Waals surface area contributed by atoms with Gasteiger partial charge in [-0.2, -0.15) is 0 Å². The summed E-state index contributed by atoms with van der Waals surface area (Å²) in [6.07, 6.45) is 0.00906. The third-order valence-corrected chi connectivity index (χ3v) is 2.66. The van der Waals surface area contributed by atoms with Gasteiger partial charge in [0.15, 0.2) is 5.96 Å². The molecule has 0 saturated carbocycles. The minimum absolute atomic E-state index is 0.00906. The van der Waals surface area contributed by atoms with Crippen LogP contribution in [0.5, 0.6) is 5.75 Å². The van der Waals surface area contributed by atoms with E-state index in [-0.39, 0.29) is 6.10 Å². The molecule has 0 aliphatic rings. The van der Waals surface area contributed by atoms with E-state index in [2.05, 4.69) is 10.3 Å². The van der Waals surface area contributed by atoms with Crippen LogP contribution < -0.4 is 10.1 Å². The van der Waals surface area contributed by atoms with Crippen molar-refractivity contribution in [2.24, 2.45) is 4.99 Å². The van der Waals surface area contributed by atoms with Gasteiger partial charge < -0.3 is 15.0 Å². The minimum atomic E-state index is 0.00906. The summed E-state index contributed by atoms with van der Waals surface area (Å²) in [6.45, 7) is 5.50. The average molecular weight is 284 g/mol. The average Bonchev–Trinajstić information content (AvgIpc) is 2.37. The molecular formula is C14H22ClN3O. The van der Waals surface area contributed by atoms with Crippen molar-refractivity contribution < 1.29 is 4.74 Å². The van der Waals surface area contributed by atoms with Crippen molar-refractivity contribution in [3.8, 4) is 5.75 Å². The van der Waals surface area contributed by atoms with Crippen LogP contribution in [-0.4, -0.2) is 44.1 Å². The van der Waals surface area contributed by atoms with Crippen LogP contribution in [0.1, 0.15) is 13.8 Å². The SMILES string of the molecule is CCNC(=NCC(C)Oc1ccc(Cl)cc1)N(C)C. The Balaban J connectivity index is 2.52. The Morgan fingerprint density at radius 1 is 1.37 bits per heavy atom. The molecule has 0 spiro atoms. The number of benzene rings is 1. The molecule has 0 radical (unpaired) electrons. The standard InChI is InChI=1S/C14H22ClN3O/c1-5-16-14(18(3)4)17-10-11(2)19-13-8-6-12(15)7-9-13/h6-9,11H,5,10H2,1-4H3,(H,16,17). The van der Waals surface area contributed by atoms with Crippen LogP contribution in [0.4, 0.5) is 0 Å². The number of nitrogens with zero attached hydrogens (tertiary/aromatic N) is 2. The van der Waals surface area contributed by atoms with Gasteiger partial charge in [0.25, 0.3) is 0 Å². The van der Waals surface area contributed by atoms with E-state index >= 15 is 0 Å². The third-order valence-electron chi connectivity index (χ3n) is 2.41. The number of aliphatic imine (C=N–C) groups is 1. The van der Waals surface area contributed by atoms with Crippen LogP contribution in [0, 0.1) is 0 Å². The van der Waals surface area contributed by atoms with E-state index in [1.54, 1.807) is 0 Å². The summed E-state index contributed by atoms with van der Waals surface area (Å²) in [5, 5.41) is 3.92. The predicted molar refractivity (Wildman–Crippen MR) is 81.2 cm³/mol. The van der Waals surface area contributed by atoms with Gasteiger partial charge in [0.05, 0.1) is 6.54 Å². The maximum absolute atomic E-state index is 5.83. The molecule has 1 aromatic carbocycles. The highest BCUT2D eigenvalue weighted by Gasteiger charge is 2.05. The van der Waals surface area contributed by atoms with Gasteiger partial charge in [-0.1, -0.05) is 11.6 Å². The van der Waals surface area contributed by atoms with Gasteiger partial charge in [-0.25, -0.2) is 4.99 Å². The lowest BCUT2D eigenvalue weighted by Crippen LogP contribution is -2.37. The molecule has 1 aromatic rings.